The highest BCUT2D eigenvalue weighted by Crippen LogP contribution is 2.41. The van der Waals surface area contributed by atoms with Crippen molar-refractivity contribution >= 4 is 17.3 Å². The molecule has 1 N–H and O–H groups in total. The quantitative estimate of drug-likeness (QED) is 0.875. The van der Waals surface area contributed by atoms with E-state index in [4.69, 9.17) is 9.47 Å². The second kappa shape index (κ2) is 6.70. The van der Waals surface area contributed by atoms with E-state index in [1.54, 1.807) is 14.2 Å². The Morgan fingerprint density at radius 2 is 1.86 bits per heavy atom. The molecule has 116 valence electrons. The molecule has 0 saturated heterocycles. The minimum Gasteiger partial charge on any atom is -0.493 e. The number of anilines is 2. The number of amides is 1. The van der Waals surface area contributed by atoms with Crippen LogP contribution in [0, 0.1) is 0 Å². The molecule has 1 amide bonds. The van der Waals surface area contributed by atoms with Crippen LogP contribution in [0.2, 0.25) is 0 Å². The number of rotatable bonds is 6. The molecular formula is C16H24N2O3. The summed E-state index contributed by atoms with van der Waals surface area (Å²) in [6.45, 7) is 4.87. The van der Waals surface area contributed by atoms with E-state index in [1.165, 1.54) is 0 Å². The predicted molar refractivity (Wildman–Crippen MR) is 84.5 cm³/mol. The van der Waals surface area contributed by atoms with Gasteiger partial charge in [-0.05, 0) is 12.8 Å². The Hall–Kier alpha value is -1.91. The average molecular weight is 292 g/mol. The topological polar surface area (TPSA) is 50.8 Å². The minimum atomic E-state index is -0.174. The van der Waals surface area contributed by atoms with E-state index >= 15 is 0 Å². The van der Waals surface area contributed by atoms with Gasteiger partial charge in [0.25, 0.3) is 0 Å². The monoisotopic (exact) mass is 292 g/mol. The molecule has 0 spiro atoms. The van der Waals surface area contributed by atoms with Gasteiger partial charge in [-0.2, -0.15) is 0 Å². The van der Waals surface area contributed by atoms with Crippen molar-refractivity contribution < 1.29 is 14.3 Å². The summed E-state index contributed by atoms with van der Waals surface area (Å²) in [6.07, 6.45) is 2.79. The molecule has 21 heavy (non-hydrogen) atoms. The first-order chi connectivity index (χ1) is 10.2. The summed E-state index contributed by atoms with van der Waals surface area (Å²) in [5.74, 6) is 1.44. The normalized spacial score (nSPS) is 17.2. The zero-order chi connectivity index (χ0) is 15.4. The Kier molecular flexibility index (Phi) is 4.94. The van der Waals surface area contributed by atoms with Crippen LogP contribution in [0.1, 0.15) is 33.1 Å². The molecule has 1 atom stereocenters. The maximum absolute atomic E-state index is 12.6. The number of fused-ring (bicyclic) bond motifs is 1. The highest BCUT2D eigenvalue weighted by molar-refractivity contribution is 6.05. The van der Waals surface area contributed by atoms with Gasteiger partial charge in [-0.25, -0.2) is 0 Å². The van der Waals surface area contributed by atoms with E-state index < -0.39 is 0 Å². The van der Waals surface area contributed by atoms with Crippen LogP contribution >= 0.6 is 0 Å². The number of carbonyl (C=O) groups is 1. The van der Waals surface area contributed by atoms with E-state index in [0.29, 0.717) is 11.5 Å². The fourth-order valence-corrected chi connectivity index (χ4v) is 2.59. The minimum absolute atomic E-state index is 0.130. The van der Waals surface area contributed by atoms with E-state index in [0.717, 1.165) is 37.2 Å². The zero-order valence-electron chi connectivity index (χ0n) is 13.2. The van der Waals surface area contributed by atoms with E-state index in [2.05, 4.69) is 12.2 Å². The SMILES string of the molecule is CCCCN1C(=O)C(CC)Nc2cc(OC)c(OC)cc21. The summed E-state index contributed by atoms with van der Waals surface area (Å²) in [6, 6.07) is 3.61. The van der Waals surface area contributed by atoms with Crippen molar-refractivity contribution in [2.24, 2.45) is 0 Å². The van der Waals surface area contributed by atoms with Crippen molar-refractivity contribution in [1.82, 2.24) is 0 Å². The highest BCUT2D eigenvalue weighted by Gasteiger charge is 2.32. The zero-order valence-corrected chi connectivity index (χ0v) is 13.2. The number of carbonyl (C=O) groups excluding carboxylic acids is 1. The molecule has 0 radical (unpaired) electrons. The summed E-state index contributed by atoms with van der Waals surface area (Å²) < 4.78 is 10.7. The van der Waals surface area contributed by atoms with Gasteiger partial charge < -0.3 is 19.7 Å². The first-order valence-corrected chi connectivity index (χ1v) is 7.50. The smallest absolute Gasteiger partial charge is 0.249 e. The molecule has 0 aliphatic carbocycles. The number of nitrogens with zero attached hydrogens (tertiary/aromatic N) is 1. The predicted octanol–water partition coefficient (Wildman–Crippen LogP) is 3.04. The largest absolute Gasteiger partial charge is 0.493 e. The van der Waals surface area contributed by atoms with Crippen LogP contribution in [0.15, 0.2) is 12.1 Å². The first kappa shape index (κ1) is 15.5. The lowest BCUT2D eigenvalue weighted by atomic mass is 10.1. The van der Waals surface area contributed by atoms with Gasteiger partial charge in [0.15, 0.2) is 11.5 Å². The van der Waals surface area contributed by atoms with Crippen LogP contribution in [0.5, 0.6) is 11.5 Å². The standard InChI is InChI=1S/C16H24N2O3/c1-5-7-8-18-13-10-15(21-4)14(20-3)9-12(13)17-11(6-2)16(18)19/h9-11,17H,5-8H2,1-4H3. The van der Waals surface area contributed by atoms with Gasteiger partial charge in [-0.15, -0.1) is 0 Å². The molecule has 0 saturated carbocycles. The van der Waals surface area contributed by atoms with Gasteiger partial charge in [0.05, 0.1) is 25.6 Å². The van der Waals surface area contributed by atoms with Gasteiger partial charge in [0, 0.05) is 18.7 Å². The maximum Gasteiger partial charge on any atom is 0.249 e. The second-order valence-electron chi connectivity index (χ2n) is 5.17. The molecule has 5 heteroatoms. The number of nitrogens with one attached hydrogen (secondary N) is 1. The molecule has 0 aromatic heterocycles. The second-order valence-corrected chi connectivity index (χ2v) is 5.17. The van der Waals surface area contributed by atoms with Crippen LogP contribution in [0.25, 0.3) is 0 Å². The molecule has 5 nitrogen and oxygen atoms in total. The third-order valence-electron chi connectivity index (χ3n) is 3.83. The van der Waals surface area contributed by atoms with Gasteiger partial charge in [-0.1, -0.05) is 20.3 Å². The Balaban J connectivity index is 2.46. The van der Waals surface area contributed by atoms with Crippen LogP contribution < -0.4 is 19.7 Å². The number of ether oxygens (including phenoxy) is 2. The lowest BCUT2D eigenvalue weighted by molar-refractivity contribution is -0.119. The molecule has 0 bridgehead atoms. The Morgan fingerprint density at radius 1 is 1.19 bits per heavy atom. The molecule has 0 fully saturated rings. The third-order valence-corrected chi connectivity index (χ3v) is 3.83. The van der Waals surface area contributed by atoms with Crippen molar-refractivity contribution in [2.75, 3.05) is 31.0 Å². The van der Waals surface area contributed by atoms with Crippen molar-refractivity contribution in [3.05, 3.63) is 12.1 Å². The summed E-state index contributed by atoms with van der Waals surface area (Å²) >= 11 is 0. The summed E-state index contributed by atoms with van der Waals surface area (Å²) in [7, 11) is 3.22. The van der Waals surface area contributed by atoms with Crippen molar-refractivity contribution in [3.8, 4) is 11.5 Å². The number of hydrogen-bond acceptors (Lipinski definition) is 4. The van der Waals surface area contributed by atoms with Crippen LogP contribution in [-0.2, 0) is 4.79 Å². The number of hydrogen-bond donors (Lipinski definition) is 1. The Bertz CT molecular complexity index is 516. The number of methoxy groups -OCH3 is 2. The molecule has 1 aliphatic heterocycles. The Labute approximate surface area is 126 Å². The molecule has 2 rings (SSSR count). The average Bonchev–Trinajstić information content (AvgIpc) is 2.52. The fraction of sp³-hybridized carbons (Fsp3) is 0.562. The maximum atomic E-state index is 12.6. The summed E-state index contributed by atoms with van der Waals surface area (Å²) in [5, 5.41) is 3.30. The van der Waals surface area contributed by atoms with Gasteiger partial charge in [0.2, 0.25) is 5.91 Å². The van der Waals surface area contributed by atoms with Crippen molar-refractivity contribution in [2.45, 2.75) is 39.2 Å². The van der Waals surface area contributed by atoms with Gasteiger partial charge >= 0.3 is 0 Å². The van der Waals surface area contributed by atoms with Crippen molar-refractivity contribution in [3.63, 3.8) is 0 Å². The summed E-state index contributed by atoms with van der Waals surface area (Å²) in [4.78, 5) is 14.4. The molecule has 1 aromatic rings. The molecule has 1 heterocycles. The molecule has 1 aliphatic rings. The van der Waals surface area contributed by atoms with E-state index in [9.17, 15) is 4.79 Å². The van der Waals surface area contributed by atoms with Crippen LogP contribution in [0.3, 0.4) is 0 Å². The van der Waals surface area contributed by atoms with E-state index in [1.807, 2.05) is 24.0 Å². The third kappa shape index (κ3) is 2.91. The number of unbranched alkanes of at least 4 members (excludes halogenated alkanes) is 1. The van der Waals surface area contributed by atoms with E-state index in [-0.39, 0.29) is 11.9 Å². The van der Waals surface area contributed by atoms with Crippen LogP contribution in [-0.4, -0.2) is 32.7 Å². The van der Waals surface area contributed by atoms with Crippen molar-refractivity contribution in [1.29, 1.82) is 0 Å². The Morgan fingerprint density at radius 3 is 2.43 bits per heavy atom. The summed E-state index contributed by atoms with van der Waals surface area (Å²) in [5.41, 5.74) is 1.80. The lowest BCUT2D eigenvalue weighted by Crippen LogP contribution is -2.47. The molecule has 1 aromatic carbocycles. The fourth-order valence-electron chi connectivity index (χ4n) is 2.59. The number of benzene rings is 1. The van der Waals surface area contributed by atoms with Gasteiger partial charge in [0.1, 0.15) is 6.04 Å². The first-order valence-electron chi connectivity index (χ1n) is 7.50. The molecule has 1 unspecified atom stereocenters. The molecular weight excluding hydrogens is 268 g/mol. The lowest BCUT2D eigenvalue weighted by Gasteiger charge is -2.35. The van der Waals surface area contributed by atoms with Crippen LogP contribution in [0.4, 0.5) is 11.4 Å². The highest BCUT2D eigenvalue weighted by atomic mass is 16.5. The van der Waals surface area contributed by atoms with Gasteiger partial charge in [-0.3, -0.25) is 4.79 Å².